The maximum Gasteiger partial charge on any atom is -1.00 e. The zero-order valence-corrected chi connectivity index (χ0v) is 34.4. The van der Waals surface area contributed by atoms with Crippen LogP contribution in [-0.2, 0) is 20.4 Å². The van der Waals surface area contributed by atoms with E-state index in [2.05, 4.69) is 105 Å². The predicted molar refractivity (Wildman–Crippen MR) is 177 cm³/mol. The van der Waals surface area contributed by atoms with E-state index < -0.39 is 8.07 Å². The second-order valence-corrected chi connectivity index (χ2v) is 17.4. The molecule has 0 aliphatic heterocycles. The standard InChI is InChI=1S/C36H45O6Si.3ClH.Ti/c1-20-14-27(37-8)30(40-11)17-33(20)43(36-25(6)23(4)24(5)26(36)7,34-18-31(41-12)28(38-9)15-21(34)2)35-19-32(42-13)29(39-10)16-22(35)3;;;;/h14-19H,1-13H3;3*1H;/q;;;;+3/p-3. The number of hydrogen-bond donors (Lipinski definition) is 0. The molecule has 3 aromatic carbocycles. The first kappa shape index (κ1) is 42.8. The number of halogens is 3. The molecule has 0 unspecified atom stereocenters. The van der Waals surface area contributed by atoms with Crippen molar-refractivity contribution >= 4 is 23.6 Å². The van der Waals surface area contributed by atoms with Crippen LogP contribution in [0.3, 0.4) is 0 Å². The van der Waals surface area contributed by atoms with Gasteiger partial charge < -0.3 is 37.2 Å². The second kappa shape index (κ2) is 16.4. The largest absolute Gasteiger partial charge is 1.00 e. The van der Waals surface area contributed by atoms with Gasteiger partial charge in [-0.05, 0) is 0 Å². The van der Waals surface area contributed by atoms with Crippen molar-refractivity contribution in [3.05, 3.63) is 75.4 Å². The normalized spacial score (nSPS) is 13.7. The number of hydrogen-bond acceptors (Lipinski definition) is 6. The van der Waals surface area contributed by atoms with Gasteiger partial charge in [0.05, 0.1) is 0 Å². The van der Waals surface area contributed by atoms with Crippen molar-refractivity contribution in [2.45, 2.75) is 51.8 Å². The Kier molecular flexibility index (Phi) is 14.9. The molecule has 0 bridgehead atoms. The molecule has 0 N–H and O–H groups in total. The third-order valence-electron chi connectivity index (χ3n) is 9.78. The molecule has 0 aromatic heterocycles. The molecule has 254 valence electrons. The molecule has 0 radical (unpaired) electrons. The van der Waals surface area contributed by atoms with Crippen molar-refractivity contribution in [2.75, 3.05) is 42.7 Å². The number of aryl methyl sites for hydroxylation is 3. The van der Waals surface area contributed by atoms with Gasteiger partial charge >= 0.3 is 277 Å². The van der Waals surface area contributed by atoms with E-state index in [4.69, 9.17) is 28.4 Å². The summed E-state index contributed by atoms with van der Waals surface area (Å²) in [6.07, 6.45) is 0. The van der Waals surface area contributed by atoms with Crippen molar-refractivity contribution in [1.29, 1.82) is 0 Å². The Hall–Kier alpha value is -2.26. The third kappa shape index (κ3) is 6.45. The Morgan fingerprint density at radius 3 is 0.851 bits per heavy atom. The van der Waals surface area contributed by atoms with Crippen LogP contribution in [0, 0.1) is 20.8 Å². The van der Waals surface area contributed by atoms with Gasteiger partial charge in [0.15, 0.2) is 0 Å². The van der Waals surface area contributed by atoms with E-state index in [1.165, 1.54) is 37.9 Å². The number of methoxy groups -OCH3 is 6. The zero-order valence-electron chi connectivity index (χ0n) is 29.5. The second-order valence-electron chi connectivity index (χ2n) is 11.6. The van der Waals surface area contributed by atoms with Gasteiger partial charge in [-0.2, -0.15) is 0 Å². The topological polar surface area (TPSA) is 55.4 Å². The van der Waals surface area contributed by atoms with Gasteiger partial charge in [-0.15, -0.1) is 0 Å². The van der Waals surface area contributed by atoms with Gasteiger partial charge in [0.2, 0.25) is 0 Å². The van der Waals surface area contributed by atoms with Crippen LogP contribution in [0.2, 0.25) is 3.34 Å². The van der Waals surface area contributed by atoms with E-state index in [1.54, 1.807) is 42.7 Å². The zero-order chi connectivity index (χ0) is 32.7. The van der Waals surface area contributed by atoms with E-state index in [9.17, 15) is 0 Å². The summed E-state index contributed by atoms with van der Waals surface area (Å²) in [5.41, 5.74) is 8.76. The number of ether oxygens (including phenoxy) is 6. The summed E-state index contributed by atoms with van der Waals surface area (Å²) in [5.74, 6) is 4.19. The summed E-state index contributed by atoms with van der Waals surface area (Å²) in [6.45, 7) is 15.7. The van der Waals surface area contributed by atoms with Crippen LogP contribution in [-0.4, -0.2) is 50.7 Å². The first-order valence-electron chi connectivity index (χ1n) is 14.6. The first-order valence-corrected chi connectivity index (χ1v) is 17.4. The molecular formula is C36H45Cl3O6SiTi. The molecule has 0 atom stereocenters. The maximum absolute atomic E-state index is 6.00. The summed E-state index contributed by atoms with van der Waals surface area (Å²) in [6, 6.07) is 13.0. The van der Waals surface area contributed by atoms with Crippen molar-refractivity contribution in [1.82, 2.24) is 0 Å². The molecule has 0 fully saturated rings. The van der Waals surface area contributed by atoms with Gasteiger partial charge in [-0.3, -0.25) is 0 Å². The minimum absolute atomic E-state index is 0. The van der Waals surface area contributed by atoms with Crippen LogP contribution in [0.4, 0.5) is 0 Å². The first-order chi connectivity index (χ1) is 20.8. The maximum atomic E-state index is 6.00. The average molecular weight is 756 g/mol. The van der Waals surface area contributed by atoms with Crippen molar-refractivity contribution in [3.63, 3.8) is 0 Å². The Labute approximate surface area is 312 Å². The fourth-order valence-corrected chi connectivity index (χ4v) is 16.3. The van der Waals surface area contributed by atoms with Gasteiger partial charge in [0, 0.05) is 0 Å². The number of rotatable bonds is 10. The monoisotopic (exact) mass is 754 g/mol. The Morgan fingerprint density at radius 1 is 0.426 bits per heavy atom. The fourth-order valence-electron chi connectivity index (χ4n) is 7.16. The number of allylic oxidation sites excluding steroid dienone is 4. The Bertz CT molecular complexity index is 1510. The molecule has 0 spiro atoms. The molecule has 3 aromatic rings. The quantitative estimate of drug-likeness (QED) is 0.164. The molecule has 0 amide bonds. The van der Waals surface area contributed by atoms with Crippen LogP contribution >= 0.6 is 0 Å². The molecule has 47 heavy (non-hydrogen) atoms. The number of benzene rings is 3. The summed E-state index contributed by atoms with van der Waals surface area (Å²) in [7, 11) is 6.92. The van der Waals surface area contributed by atoms with Gasteiger partial charge in [-0.25, -0.2) is 0 Å². The molecule has 1 aliphatic rings. The molecule has 11 heteroatoms. The summed E-state index contributed by atoms with van der Waals surface area (Å²) < 4.78 is 35.0. The SMILES string of the molecule is COc1cc(C)c([Si](c2cc(OC)c(OC)cc2C)(c2cc(OC)c(OC)cc2C)[C]2([Ti+3])C(C)=C(C)C(C)=C2C)cc1OC.[Cl-].[Cl-].[Cl-]. The fraction of sp³-hybridized carbons (Fsp3) is 0.389. The molecular weight excluding hydrogens is 711 g/mol. The van der Waals surface area contributed by atoms with Crippen LogP contribution in [0.1, 0.15) is 44.4 Å². The van der Waals surface area contributed by atoms with E-state index in [-0.39, 0.29) is 40.6 Å². The summed E-state index contributed by atoms with van der Waals surface area (Å²) in [4.78, 5) is 0. The van der Waals surface area contributed by atoms with Crippen LogP contribution in [0.5, 0.6) is 34.5 Å². The minimum atomic E-state index is -3.23. The predicted octanol–water partition coefficient (Wildman–Crippen LogP) is -2.92. The van der Waals surface area contributed by atoms with E-state index in [1.807, 2.05) is 0 Å². The third-order valence-corrected chi connectivity index (χ3v) is 18.6. The Morgan fingerprint density at radius 2 is 0.638 bits per heavy atom. The molecule has 0 saturated carbocycles. The van der Waals surface area contributed by atoms with Crippen molar-refractivity contribution in [2.24, 2.45) is 0 Å². The van der Waals surface area contributed by atoms with Gasteiger partial charge in [0.1, 0.15) is 0 Å². The molecule has 1 aliphatic carbocycles. The van der Waals surface area contributed by atoms with Crippen LogP contribution in [0.25, 0.3) is 0 Å². The summed E-state index contributed by atoms with van der Waals surface area (Å²) >= 11 is 2.44. The summed E-state index contributed by atoms with van der Waals surface area (Å²) in [5, 5.41) is 3.68. The van der Waals surface area contributed by atoms with Crippen LogP contribution < -0.4 is 81.2 Å². The van der Waals surface area contributed by atoms with E-state index >= 15 is 0 Å². The smallest absolute Gasteiger partial charge is 1.00 e. The van der Waals surface area contributed by atoms with E-state index in [0.29, 0.717) is 34.5 Å². The van der Waals surface area contributed by atoms with Gasteiger partial charge in [0.25, 0.3) is 0 Å². The van der Waals surface area contributed by atoms with Crippen LogP contribution in [0.15, 0.2) is 58.7 Å². The van der Waals surface area contributed by atoms with Crippen molar-refractivity contribution in [3.8, 4) is 34.5 Å². The molecule has 0 saturated heterocycles. The molecule has 0 heterocycles. The average Bonchev–Trinajstić information content (AvgIpc) is 3.17. The van der Waals surface area contributed by atoms with E-state index in [0.717, 1.165) is 16.7 Å². The molecule has 4 rings (SSSR count). The minimum Gasteiger partial charge on any atom is -1.00 e. The van der Waals surface area contributed by atoms with Crippen molar-refractivity contribution < 1.29 is 86.1 Å². The Balaban J connectivity index is 0.00000368. The van der Waals surface area contributed by atoms with Gasteiger partial charge in [-0.1, -0.05) is 0 Å². The molecule has 6 nitrogen and oxygen atoms in total.